The van der Waals surface area contributed by atoms with Crippen molar-refractivity contribution < 1.29 is 4.39 Å². The van der Waals surface area contributed by atoms with Gasteiger partial charge in [-0.2, -0.15) is 0 Å². The molecule has 0 saturated heterocycles. The van der Waals surface area contributed by atoms with Gasteiger partial charge in [0.25, 0.3) is 0 Å². The van der Waals surface area contributed by atoms with E-state index in [0.29, 0.717) is 23.0 Å². The summed E-state index contributed by atoms with van der Waals surface area (Å²) < 4.78 is 13.5. The molecule has 1 heterocycles. The summed E-state index contributed by atoms with van der Waals surface area (Å²) in [5, 5.41) is 0.432. The van der Waals surface area contributed by atoms with Crippen molar-refractivity contribution >= 4 is 23.4 Å². The summed E-state index contributed by atoms with van der Waals surface area (Å²) in [5.41, 5.74) is 0.480. The minimum absolute atomic E-state index is 0.283. The maximum atomic E-state index is 13.5. The van der Waals surface area contributed by atoms with Crippen LogP contribution in [0.5, 0.6) is 0 Å². The van der Waals surface area contributed by atoms with Gasteiger partial charge in [-0.25, -0.2) is 14.4 Å². The summed E-state index contributed by atoms with van der Waals surface area (Å²) in [5.74, 6) is 1.11. The largest absolute Gasteiger partial charge is 0.238 e. The quantitative estimate of drug-likeness (QED) is 0.339. The molecule has 0 spiro atoms. The Morgan fingerprint density at radius 2 is 2.29 bits per heavy atom. The molecule has 0 N–H and O–H groups in total. The van der Waals surface area contributed by atoms with Crippen LogP contribution in [0.1, 0.15) is 19.0 Å². The Bertz CT molecular complexity index is 296. The van der Waals surface area contributed by atoms with E-state index in [1.807, 2.05) is 6.92 Å². The summed E-state index contributed by atoms with van der Waals surface area (Å²) in [6, 6.07) is 0. The number of aromatic nitrogens is 2. The highest BCUT2D eigenvalue weighted by atomic mass is 35.5. The fraction of sp³-hybridized carbons (Fsp3) is 0.556. The van der Waals surface area contributed by atoms with E-state index in [9.17, 15) is 4.39 Å². The van der Waals surface area contributed by atoms with Gasteiger partial charge in [0.1, 0.15) is 11.4 Å². The molecule has 1 aromatic rings. The Morgan fingerprint density at radius 3 is 2.93 bits per heavy atom. The van der Waals surface area contributed by atoms with Crippen LogP contribution in [0.3, 0.4) is 0 Å². The lowest BCUT2D eigenvalue weighted by Gasteiger charge is -2.03. The predicted octanol–water partition coefficient (Wildman–Crippen LogP) is 2.90. The van der Waals surface area contributed by atoms with Crippen molar-refractivity contribution in [2.24, 2.45) is 0 Å². The van der Waals surface area contributed by atoms with Gasteiger partial charge in [0, 0.05) is 11.6 Å². The second-order valence-electron chi connectivity index (χ2n) is 2.68. The molecule has 0 fully saturated rings. The van der Waals surface area contributed by atoms with Gasteiger partial charge in [-0.05, 0) is 12.8 Å². The van der Waals surface area contributed by atoms with E-state index < -0.39 is 0 Å². The average molecular weight is 235 g/mol. The van der Waals surface area contributed by atoms with Crippen LogP contribution >= 0.6 is 23.4 Å². The van der Waals surface area contributed by atoms with Crippen molar-refractivity contribution in [1.82, 2.24) is 9.97 Å². The third-order valence-electron chi connectivity index (χ3n) is 1.68. The van der Waals surface area contributed by atoms with Crippen LogP contribution in [-0.2, 0) is 6.42 Å². The van der Waals surface area contributed by atoms with Gasteiger partial charge in [-0.3, -0.25) is 0 Å². The molecule has 0 saturated carbocycles. The van der Waals surface area contributed by atoms with E-state index in [-0.39, 0.29) is 5.82 Å². The number of hydrogen-bond acceptors (Lipinski definition) is 3. The summed E-state index contributed by atoms with van der Waals surface area (Å²) in [7, 11) is 0. The number of thioether (sulfide) groups is 1. The zero-order valence-corrected chi connectivity index (χ0v) is 9.54. The van der Waals surface area contributed by atoms with Crippen molar-refractivity contribution in [1.29, 1.82) is 0 Å². The molecule has 0 aliphatic rings. The SMILES string of the molecule is CCc1ncnc(SCCCCl)c1F. The topological polar surface area (TPSA) is 25.8 Å². The standard InChI is InChI=1S/C9H12ClFN2S/c1-2-7-8(11)9(13-6-12-7)14-5-3-4-10/h6H,2-5H2,1H3. The first-order valence-electron chi connectivity index (χ1n) is 4.47. The first kappa shape index (κ1) is 11.7. The first-order valence-corrected chi connectivity index (χ1v) is 5.99. The maximum Gasteiger partial charge on any atom is 0.176 e. The molecule has 0 unspecified atom stereocenters. The smallest absolute Gasteiger partial charge is 0.176 e. The van der Waals surface area contributed by atoms with Gasteiger partial charge >= 0.3 is 0 Å². The van der Waals surface area contributed by atoms with Crippen LogP contribution < -0.4 is 0 Å². The van der Waals surface area contributed by atoms with Crippen LogP contribution in [0, 0.1) is 5.82 Å². The van der Waals surface area contributed by atoms with Gasteiger partial charge in [-0.15, -0.1) is 23.4 Å². The zero-order valence-electron chi connectivity index (χ0n) is 7.96. The Labute approximate surface area is 92.3 Å². The normalized spacial score (nSPS) is 10.5. The van der Waals surface area contributed by atoms with E-state index in [1.54, 1.807) is 0 Å². The highest BCUT2D eigenvalue weighted by molar-refractivity contribution is 7.99. The molecule has 0 amide bonds. The highest BCUT2D eigenvalue weighted by Gasteiger charge is 2.09. The molecule has 5 heteroatoms. The molecule has 14 heavy (non-hydrogen) atoms. The van der Waals surface area contributed by atoms with Gasteiger partial charge in [0.2, 0.25) is 0 Å². The molecule has 0 aliphatic carbocycles. The maximum absolute atomic E-state index is 13.5. The minimum Gasteiger partial charge on any atom is -0.238 e. The summed E-state index contributed by atoms with van der Waals surface area (Å²) in [6.07, 6.45) is 2.86. The number of nitrogens with zero attached hydrogens (tertiary/aromatic N) is 2. The van der Waals surface area contributed by atoms with Crippen molar-refractivity contribution in [3.8, 4) is 0 Å². The van der Waals surface area contributed by atoms with E-state index in [2.05, 4.69) is 9.97 Å². The van der Waals surface area contributed by atoms with Gasteiger partial charge in [0.05, 0.1) is 5.69 Å². The van der Waals surface area contributed by atoms with Gasteiger partial charge in [0.15, 0.2) is 5.82 Å². The molecule has 1 aromatic heterocycles. The third kappa shape index (κ3) is 3.10. The second kappa shape index (κ2) is 6.19. The molecule has 0 aliphatic heterocycles. The summed E-state index contributed by atoms with van der Waals surface area (Å²) >= 11 is 6.92. The van der Waals surface area contributed by atoms with E-state index in [4.69, 9.17) is 11.6 Å². The van der Waals surface area contributed by atoms with E-state index >= 15 is 0 Å². The number of halogens is 2. The molecule has 1 rings (SSSR count). The Kier molecular flexibility index (Phi) is 5.19. The molecule has 0 radical (unpaired) electrons. The zero-order chi connectivity index (χ0) is 10.4. The Hall–Kier alpha value is -0.350. The summed E-state index contributed by atoms with van der Waals surface area (Å²) in [4.78, 5) is 7.75. The van der Waals surface area contributed by atoms with Gasteiger partial charge in [-0.1, -0.05) is 6.92 Å². The van der Waals surface area contributed by atoms with Crippen LogP contribution in [0.15, 0.2) is 11.4 Å². The monoisotopic (exact) mass is 234 g/mol. The Balaban J connectivity index is 2.66. The minimum atomic E-state index is -0.283. The number of aryl methyl sites for hydroxylation is 1. The summed E-state index contributed by atoms with van der Waals surface area (Å²) in [6.45, 7) is 1.87. The first-order chi connectivity index (χ1) is 6.79. The lowest BCUT2D eigenvalue weighted by atomic mass is 10.3. The van der Waals surface area contributed by atoms with Crippen molar-refractivity contribution in [2.75, 3.05) is 11.6 Å². The van der Waals surface area contributed by atoms with Crippen LogP contribution in [0.2, 0.25) is 0 Å². The van der Waals surface area contributed by atoms with E-state index in [0.717, 1.165) is 12.2 Å². The molecule has 78 valence electrons. The highest BCUT2D eigenvalue weighted by Crippen LogP contribution is 2.21. The fourth-order valence-electron chi connectivity index (χ4n) is 0.958. The van der Waals surface area contributed by atoms with Crippen LogP contribution in [-0.4, -0.2) is 21.6 Å². The van der Waals surface area contributed by atoms with Crippen molar-refractivity contribution in [3.63, 3.8) is 0 Å². The van der Waals surface area contributed by atoms with Gasteiger partial charge < -0.3 is 0 Å². The van der Waals surface area contributed by atoms with Crippen LogP contribution in [0.4, 0.5) is 4.39 Å². The fourth-order valence-corrected chi connectivity index (χ4v) is 2.10. The third-order valence-corrected chi connectivity index (χ3v) is 3.00. The number of hydrogen-bond donors (Lipinski definition) is 0. The second-order valence-corrected chi connectivity index (χ2v) is 4.15. The molecule has 0 aromatic carbocycles. The molecule has 2 nitrogen and oxygen atoms in total. The number of rotatable bonds is 5. The lowest BCUT2D eigenvalue weighted by Crippen LogP contribution is -1.98. The van der Waals surface area contributed by atoms with Crippen LogP contribution in [0.25, 0.3) is 0 Å². The lowest BCUT2D eigenvalue weighted by molar-refractivity contribution is 0.559. The average Bonchev–Trinajstić information content (AvgIpc) is 2.21. The Morgan fingerprint density at radius 1 is 1.50 bits per heavy atom. The van der Waals surface area contributed by atoms with Crippen molar-refractivity contribution in [2.45, 2.75) is 24.8 Å². The predicted molar refractivity (Wildman–Crippen MR) is 57.4 cm³/mol. The van der Waals surface area contributed by atoms with E-state index in [1.165, 1.54) is 18.1 Å². The molecule has 0 bridgehead atoms. The number of alkyl halides is 1. The molecule has 0 atom stereocenters. The van der Waals surface area contributed by atoms with Crippen molar-refractivity contribution in [3.05, 3.63) is 17.8 Å². The molecular formula is C9H12ClFN2S. The molecular weight excluding hydrogens is 223 g/mol.